The van der Waals surface area contributed by atoms with Crippen molar-refractivity contribution in [3.05, 3.63) is 34.9 Å². The number of nitrogens with zero attached hydrogens (tertiary/aromatic N) is 1. The Bertz CT molecular complexity index is 517. The van der Waals surface area contributed by atoms with Crippen LogP contribution in [0.15, 0.2) is 29.3 Å². The molecule has 0 unspecified atom stereocenters. The van der Waals surface area contributed by atoms with Gasteiger partial charge in [-0.05, 0) is 38.5 Å². The molecule has 3 N–H and O–H groups in total. The second kappa shape index (κ2) is 10.7. The molecule has 0 atom stereocenters. The van der Waals surface area contributed by atoms with Crippen LogP contribution >= 0.6 is 35.6 Å². The Hall–Kier alpha value is -1.02. The van der Waals surface area contributed by atoms with Crippen molar-refractivity contribution in [2.24, 2.45) is 10.4 Å². The first-order valence-corrected chi connectivity index (χ1v) is 7.75. The molecule has 0 aliphatic rings. The van der Waals surface area contributed by atoms with Crippen LogP contribution in [-0.2, 0) is 11.3 Å². The highest BCUT2D eigenvalue weighted by Gasteiger charge is 2.26. The largest absolute Gasteiger partial charge is 0.359 e. The molecular formula is C16H26ClIN4O. The van der Waals surface area contributed by atoms with Gasteiger partial charge in [-0.1, -0.05) is 23.7 Å². The first-order chi connectivity index (χ1) is 10.4. The van der Waals surface area contributed by atoms with E-state index in [4.69, 9.17) is 11.6 Å². The van der Waals surface area contributed by atoms with E-state index in [9.17, 15) is 4.79 Å². The summed E-state index contributed by atoms with van der Waals surface area (Å²) in [6.07, 6.45) is 0. The van der Waals surface area contributed by atoms with E-state index in [1.807, 2.05) is 45.0 Å². The van der Waals surface area contributed by atoms with Crippen LogP contribution in [0.5, 0.6) is 0 Å². The van der Waals surface area contributed by atoms with Gasteiger partial charge in [-0.25, -0.2) is 4.99 Å². The number of nitrogens with one attached hydrogen (secondary N) is 3. The van der Waals surface area contributed by atoms with Crippen molar-refractivity contribution in [1.29, 1.82) is 0 Å². The number of halogens is 2. The summed E-state index contributed by atoms with van der Waals surface area (Å²) >= 11 is 5.87. The van der Waals surface area contributed by atoms with Crippen LogP contribution < -0.4 is 16.0 Å². The second-order valence-corrected chi connectivity index (χ2v) is 6.07. The third kappa shape index (κ3) is 7.87. The van der Waals surface area contributed by atoms with Gasteiger partial charge in [0.2, 0.25) is 5.91 Å². The lowest BCUT2D eigenvalue weighted by atomic mass is 9.92. The molecule has 130 valence electrons. The number of carbonyl (C=O) groups is 1. The number of benzene rings is 1. The summed E-state index contributed by atoms with van der Waals surface area (Å²) in [5, 5.41) is 9.77. The molecule has 1 aromatic carbocycles. The highest BCUT2D eigenvalue weighted by atomic mass is 127. The lowest BCUT2D eigenvalue weighted by Gasteiger charge is -2.24. The fourth-order valence-electron chi connectivity index (χ4n) is 1.83. The van der Waals surface area contributed by atoms with Gasteiger partial charge in [-0.15, -0.1) is 24.0 Å². The Morgan fingerprint density at radius 3 is 2.35 bits per heavy atom. The van der Waals surface area contributed by atoms with E-state index >= 15 is 0 Å². The molecule has 7 heteroatoms. The van der Waals surface area contributed by atoms with Gasteiger partial charge in [0, 0.05) is 25.2 Å². The maximum absolute atomic E-state index is 11.8. The molecule has 0 saturated carbocycles. The first kappa shape index (κ1) is 22.0. The van der Waals surface area contributed by atoms with Gasteiger partial charge >= 0.3 is 0 Å². The number of aliphatic imine (C=N–C) groups is 1. The molecule has 0 spiro atoms. The average molecular weight is 453 g/mol. The van der Waals surface area contributed by atoms with Crippen molar-refractivity contribution >= 4 is 47.4 Å². The maximum atomic E-state index is 11.8. The van der Waals surface area contributed by atoms with E-state index in [1.54, 1.807) is 7.05 Å². The van der Waals surface area contributed by atoms with E-state index in [-0.39, 0.29) is 29.9 Å². The molecule has 1 aromatic rings. The Morgan fingerprint density at radius 1 is 1.22 bits per heavy atom. The minimum atomic E-state index is -0.509. The smallest absolute Gasteiger partial charge is 0.227 e. The molecule has 0 bridgehead atoms. The van der Waals surface area contributed by atoms with Gasteiger partial charge in [0.25, 0.3) is 0 Å². The summed E-state index contributed by atoms with van der Waals surface area (Å²) in [5.74, 6) is 0.683. The number of hydrogen-bond acceptors (Lipinski definition) is 2. The van der Waals surface area contributed by atoms with Gasteiger partial charge in [0.1, 0.15) is 0 Å². The fourth-order valence-corrected chi connectivity index (χ4v) is 1.95. The molecule has 0 saturated heterocycles. The summed E-state index contributed by atoms with van der Waals surface area (Å²) in [7, 11) is 1.64. The Morgan fingerprint density at radius 2 is 1.83 bits per heavy atom. The quantitative estimate of drug-likeness (QED) is 0.353. The van der Waals surface area contributed by atoms with Crippen LogP contribution in [0.3, 0.4) is 0 Å². The van der Waals surface area contributed by atoms with Crippen LogP contribution in [0.25, 0.3) is 0 Å². The highest BCUT2D eigenvalue weighted by molar-refractivity contribution is 14.0. The predicted molar refractivity (Wildman–Crippen MR) is 108 cm³/mol. The third-order valence-corrected chi connectivity index (χ3v) is 3.47. The van der Waals surface area contributed by atoms with E-state index in [0.717, 1.165) is 12.1 Å². The third-order valence-electron chi connectivity index (χ3n) is 3.22. The van der Waals surface area contributed by atoms with Gasteiger partial charge in [0.15, 0.2) is 5.96 Å². The van der Waals surface area contributed by atoms with Crippen LogP contribution in [0.4, 0.5) is 0 Å². The minimum absolute atomic E-state index is 0. The van der Waals surface area contributed by atoms with E-state index in [1.165, 1.54) is 0 Å². The van der Waals surface area contributed by atoms with E-state index in [2.05, 4.69) is 20.9 Å². The van der Waals surface area contributed by atoms with Crippen molar-refractivity contribution in [3.8, 4) is 0 Å². The van der Waals surface area contributed by atoms with Crippen molar-refractivity contribution < 1.29 is 4.79 Å². The van der Waals surface area contributed by atoms with Crippen LogP contribution in [0, 0.1) is 5.41 Å². The minimum Gasteiger partial charge on any atom is -0.359 e. The molecule has 0 fully saturated rings. The molecular weight excluding hydrogens is 427 g/mol. The Balaban J connectivity index is 0.00000484. The first-order valence-electron chi connectivity index (χ1n) is 7.38. The van der Waals surface area contributed by atoms with Gasteiger partial charge < -0.3 is 16.0 Å². The lowest BCUT2D eigenvalue weighted by molar-refractivity contribution is -0.128. The molecule has 5 nitrogen and oxygen atoms in total. The standard InChI is InChI=1S/C16H25ClN4O.HI/c1-5-19-15(21-11-16(2,3)14(22)18-4)20-10-12-6-8-13(17)9-7-12;/h6-9H,5,10-11H2,1-4H3,(H,18,22)(H2,19,20,21);1H. The monoisotopic (exact) mass is 452 g/mol. The van der Waals surface area contributed by atoms with Crippen molar-refractivity contribution in [3.63, 3.8) is 0 Å². The van der Waals surface area contributed by atoms with Crippen molar-refractivity contribution in [2.45, 2.75) is 27.3 Å². The normalized spacial score (nSPS) is 11.4. The van der Waals surface area contributed by atoms with Crippen molar-refractivity contribution in [2.75, 3.05) is 20.1 Å². The zero-order valence-electron chi connectivity index (χ0n) is 14.1. The zero-order valence-corrected chi connectivity index (χ0v) is 17.2. The Kier molecular flexibility index (Phi) is 10.2. The molecule has 0 heterocycles. The fraction of sp³-hybridized carbons (Fsp3) is 0.500. The summed E-state index contributed by atoms with van der Waals surface area (Å²) < 4.78 is 0. The summed E-state index contributed by atoms with van der Waals surface area (Å²) in [4.78, 5) is 16.3. The maximum Gasteiger partial charge on any atom is 0.227 e. The lowest BCUT2D eigenvalue weighted by Crippen LogP contribution is -2.47. The molecule has 1 amide bonds. The molecule has 23 heavy (non-hydrogen) atoms. The Labute approximate surface area is 160 Å². The summed E-state index contributed by atoms with van der Waals surface area (Å²) in [6, 6.07) is 7.59. The number of rotatable bonds is 6. The van der Waals surface area contributed by atoms with Gasteiger partial charge in [-0.2, -0.15) is 0 Å². The van der Waals surface area contributed by atoms with E-state index < -0.39 is 5.41 Å². The number of hydrogen-bond donors (Lipinski definition) is 3. The average Bonchev–Trinajstić information content (AvgIpc) is 2.50. The topological polar surface area (TPSA) is 65.5 Å². The summed E-state index contributed by atoms with van der Waals surface area (Å²) in [6.45, 7) is 7.59. The number of guanidine groups is 1. The number of carbonyl (C=O) groups excluding carboxylic acids is 1. The highest BCUT2D eigenvalue weighted by Crippen LogP contribution is 2.13. The molecule has 0 aliphatic carbocycles. The predicted octanol–water partition coefficient (Wildman–Crippen LogP) is 2.79. The molecule has 0 radical (unpaired) electrons. The van der Waals surface area contributed by atoms with Crippen molar-refractivity contribution in [1.82, 2.24) is 16.0 Å². The number of amides is 1. The SMILES string of the molecule is CCNC(=NCc1ccc(Cl)cc1)NCC(C)(C)C(=O)NC.I. The van der Waals surface area contributed by atoms with Gasteiger partial charge in [-0.3, -0.25) is 4.79 Å². The van der Waals surface area contributed by atoms with Crippen LogP contribution in [0.2, 0.25) is 5.02 Å². The molecule has 0 aromatic heterocycles. The second-order valence-electron chi connectivity index (χ2n) is 5.64. The van der Waals surface area contributed by atoms with Gasteiger partial charge in [0.05, 0.1) is 12.0 Å². The van der Waals surface area contributed by atoms with E-state index in [0.29, 0.717) is 24.1 Å². The summed E-state index contributed by atoms with van der Waals surface area (Å²) in [5.41, 5.74) is 0.567. The van der Waals surface area contributed by atoms with Crippen LogP contribution in [-0.4, -0.2) is 32.0 Å². The molecule has 0 aliphatic heterocycles. The van der Waals surface area contributed by atoms with Crippen LogP contribution in [0.1, 0.15) is 26.3 Å². The zero-order chi connectivity index (χ0) is 16.6. The molecule has 1 rings (SSSR count).